The predicted octanol–water partition coefficient (Wildman–Crippen LogP) is 1.48. The molecule has 3 heterocycles. The zero-order valence-corrected chi connectivity index (χ0v) is 10.1. The van der Waals surface area contributed by atoms with Crippen LogP contribution in [0.3, 0.4) is 0 Å². The first-order chi connectivity index (χ1) is 8.08. The second-order valence-electron chi connectivity index (χ2n) is 4.95. The fraction of sp³-hybridized carbons (Fsp3) is 0.583. The maximum Gasteiger partial charge on any atom is 0.126 e. The fourth-order valence-corrected chi connectivity index (χ4v) is 5.11. The molecule has 0 radical (unpaired) electrons. The van der Waals surface area contributed by atoms with E-state index in [4.69, 9.17) is 0 Å². The minimum atomic E-state index is -1.10. The van der Waals surface area contributed by atoms with Crippen molar-refractivity contribution in [2.45, 2.75) is 41.8 Å². The van der Waals surface area contributed by atoms with E-state index >= 15 is 0 Å². The molecule has 3 nitrogen and oxygen atoms in total. The number of pyridine rings is 1. The van der Waals surface area contributed by atoms with Crippen LogP contribution in [0.1, 0.15) is 31.4 Å². The lowest BCUT2D eigenvalue weighted by Crippen LogP contribution is -2.40. The Balaban J connectivity index is 1.95. The molecule has 0 spiro atoms. The third-order valence-corrected chi connectivity index (χ3v) is 5.92. The molecule has 5 heteroatoms. The van der Waals surface area contributed by atoms with E-state index in [1.54, 1.807) is 0 Å². The van der Waals surface area contributed by atoms with E-state index in [1.165, 1.54) is 18.3 Å². The van der Waals surface area contributed by atoms with Crippen LogP contribution in [-0.4, -0.2) is 24.8 Å². The Morgan fingerprint density at radius 1 is 1.41 bits per heavy atom. The maximum absolute atomic E-state index is 13.2. The summed E-state index contributed by atoms with van der Waals surface area (Å²) in [6.07, 6.45) is 4.04. The van der Waals surface area contributed by atoms with Gasteiger partial charge in [-0.1, -0.05) is 0 Å². The van der Waals surface area contributed by atoms with E-state index in [2.05, 4.69) is 4.98 Å². The summed E-state index contributed by atoms with van der Waals surface area (Å²) in [5, 5.41) is 10.7. The Hall–Kier alpha value is -0.810. The summed E-state index contributed by atoms with van der Waals surface area (Å²) in [6, 6.07) is 2.55. The lowest BCUT2D eigenvalue weighted by Gasteiger charge is -2.35. The molecule has 2 aliphatic rings. The molecule has 0 aromatic carbocycles. The van der Waals surface area contributed by atoms with Crippen molar-refractivity contribution >= 4 is 10.8 Å². The number of rotatable bonds is 1. The largest absolute Gasteiger partial charge is 0.383 e. The number of nitrogens with zero attached hydrogens (tertiary/aromatic N) is 1. The summed E-state index contributed by atoms with van der Waals surface area (Å²) < 4.78 is 25.0. The predicted molar refractivity (Wildman–Crippen MR) is 62.3 cm³/mol. The highest BCUT2D eigenvalue weighted by Gasteiger charge is 2.49. The SMILES string of the molecule is O=S1C2CCC1CC(O)(c1cc(F)ccn1)C2. The third-order valence-electron chi connectivity index (χ3n) is 3.80. The van der Waals surface area contributed by atoms with Gasteiger partial charge in [0.2, 0.25) is 0 Å². The smallest absolute Gasteiger partial charge is 0.126 e. The Labute approximate surface area is 102 Å². The van der Waals surface area contributed by atoms with Crippen LogP contribution in [0.2, 0.25) is 0 Å². The lowest BCUT2D eigenvalue weighted by molar-refractivity contribution is 0.0139. The molecule has 2 unspecified atom stereocenters. The van der Waals surface area contributed by atoms with Gasteiger partial charge in [-0.05, 0) is 37.8 Å². The van der Waals surface area contributed by atoms with Crippen molar-refractivity contribution in [2.24, 2.45) is 0 Å². The van der Waals surface area contributed by atoms with Crippen molar-refractivity contribution in [3.05, 3.63) is 29.8 Å². The molecule has 2 atom stereocenters. The van der Waals surface area contributed by atoms with E-state index in [9.17, 15) is 13.7 Å². The van der Waals surface area contributed by atoms with Crippen LogP contribution in [0, 0.1) is 5.82 Å². The van der Waals surface area contributed by atoms with Gasteiger partial charge in [0.25, 0.3) is 0 Å². The molecule has 2 fully saturated rings. The van der Waals surface area contributed by atoms with Gasteiger partial charge in [0.1, 0.15) is 11.4 Å². The molecule has 3 rings (SSSR count). The van der Waals surface area contributed by atoms with Crippen LogP contribution in [0.4, 0.5) is 4.39 Å². The van der Waals surface area contributed by atoms with Crippen LogP contribution in [-0.2, 0) is 16.4 Å². The van der Waals surface area contributed by atoms with Gasteiger partial charge >= 0.3 is 0 Å². The van der Waals surface area contributed by atoms with Gasteiger partial charge in [-0.15, -0.1) is 0 Å². The van der Waals surface area contributed by atoms with Crippen LogP contribution >= 0.6 is 0 Å². The van der Waals surface area contributed by atoms with Gasteiger partial charge in [0, 0.05) is 27.5 Å². The van der Waals surface area contributed by atoms with E-state index in [0.717, 1.165) is 12.8 Å². The second kappa shape index (κ2) is 3.85. The molecule has 2 aliphatic heterocycles. The quantitative estimate of drug-likeness (QED) is 0.827. The number of fused-ring (bicyclic) bond motifs is 2. The lowest BCUT2D eigenvalue weighted by atomic mass is 9.89. The van der Waals surface area contributed by atoms with Crippen molar-refractivity contribution in [3.63, 3.8) is 0 Å². The first-order valence-corrected chi connectivity index (χ1v) is 7.10. The zero-order valence-electron chi connectivity index (χ0n) is 9.30. The molecule has 0 aliphatic carbocycles. The van der Waals surface area contributed by atoms with Crippen LogP contribution < -0.4 is 0 Å². The molecule has 2 bridgehead atoms. The Kier molecular flexibility index (Phi) is 2.56. The van der Waals surface area contributed by atoms with Gasteiger partial charge in [-0.25, -0.2) is 4.39 Å². The molecule has 1 aromatic rings. The number of hydrogen-bond donors (Lipinski definition) is 1. The molecule has 2 saturated heterocycles. The highest BCUT2D eigenvalue weighted by Crippen LogP contribution is 2.45. The highest BCUT2D eigenvalue weighted by molar-refractivity contribution is 7.86. The highest BCUT2D eigenvalue weighted by atomic mass is 32.2. The van der Waals surface area contributed by atoms with Crippen LogP contribution in [0.5, 0.6) is 0 Å². The van der Waals surface area contributed by atoms with Gasteiger partial charge in [-0.3, -0.25) is 9.19 Å². The first kappa shape index (κ1) is 11.3. The zero-order chi connectivity index (χ0) is 12.0. The monoisotopic (exact) mass is 255 g/mol. The molecule has 0 saturated carbocycles. The van der Waals surface area contributed by atoms with Crippen molar-refractivity contribution in [1.29, 1.82) is 0 Å². The second-order valence-corrected chi connectivity index (χ2v) is 6.94. The summed E-state index contributed by atoms with van der Waals surface area (Å²) in [6.45, 7) is 0. The topological polar surface area (TPSA) is 50.2 Å². The van der Waals surface area contributed by atoms with E-state index < -0.39 is 16.4 Å². The van der Waals surface area contributed by atoms with Crippen molar-refractivity contribution in [1.82, 2.24) is 4.98 Å². The van der Waals surface area contributed by atoms with Crippen molar-refractivity contribution in [3.8, 4) is 0 Å². The normalized spacial score (nSPS) is 40.5. The molecule has 1 N–H and O–H groups in total. The standard InChI is InChI=1S/C12H14FNO2S/c13-8-3-4-14-11(5-8)12(15)6-9-1-2-10(7-12)17(9)16/h3-5,9-10,15H,1-2,6-7H2. The van der Waals surface area contributed by atoms with Crippen molar-refractivity contribution in [2.75, 3.05) is 0 Å². The number of hydrogen-bond acceptors (Lipinski definition) is 3. The summed E-state index contributed by atoms with van der Waals surface area (Å²) >= 11 is 0. The first-order valence-electron chi connectivity index (χ1n) is 5.82. The fourth-order valence-electron chi connectivity index (χ4n) is 2.95. The maximum atomic E-state index is 13.2. The third kappa shape index (κ3) is 1.81. The number of halogens is 1. The molecular formula is C12H14FNO2S. The molecule has 92 valence electrons. The minimum absolute atomic E-state index is 0.0452. The average molecular weight is 255 g/mol. The van der Waals surface area contributed by atoms with E-state index in [-0.39, 0.29) is 16.3 Å². The summed E-state index contributed by atoms with van der Waals surface area (Å²) in [5.41, 5.74) is -0.715. The average Bonchev–Trinajstić information content (AvgIpc) is 2.53. The Bertz CT molecular complexity index is 463. The summed E-state index contributed by atoms with van der Waals surface area (Å²) in [7, 11) is -0.826. The van der Waals surface area contributed by atoms with Gasteiger partial charge in [-0.2, -0.15) is 0 Å². The van der Waals surface area contributed by atoms with E-state index in [1.807, 2.05) is 0 Å². The molecule has 17 heavy (non-hydrogen) atoms. The van der Waals surface area contributed by atoms with Crippen LogP contribution in [0.25, 0.3) is 0 Å². The molecule has 1 aromatic heterocycles. The Morgan fingerprint density at radius 2 is 2.06 bits per heavy atom. The van der Waals surface area contributed by atoms with Gasteiger partial charge in [0.05, 0.1) is 5.69 Å². The van der Waals surface area contributed by atoms with Crippen LogP contribution in [0.15, 0.2) is 18.3 Å². The number of aromatic nitrogens is 1. The molecular weight excluding hydrogens is 241 g/mol. The summed E-state index contributed by atoms with van der Waals surface area (Å²) in [5.74, 6) is -0.387. The van der Waals surface area contributed by atoms with Gasteiger partial charge < -0.3 is 5.11 Å². The summed E-state index contributed by atoms with van der Waals surface area (Å²) in [4.78, 5) is 4.07. The minimum Gasteiger partial charge on any atom is -0.383 e. The van der Waals surface area contributed by atoms with Crippen molar-refractivity contribution < 1.29 is 13.7 Å². The van der Waals surface area contributed by atoms with E-state index in [0.29, 0.717) is 18.5 Å². The molecule has 0 amide bonds. The number of aliphatic hydroxyl groups is 1. The van der Waals surface area contributed by atoms with Gasteiger partial charge in [0.15, 0.2) is 0 Å². The Morgan fingerprint density at radius 3 is 2.65 bits per heavy atom.